The van der Waals surface area contributed by atoms with Crippen LogP contribution in [-0.4, -0.2) is 11.8 Å². The second-order valence-electron chi connectivity index (χ2n) is 4.16. The van der Waals surface area contributed by atoms with Gasteiger partial charge in [-0.2, -0.15) is 0 Å². The number of carbonyl (C=O) groups excluding carboxylic acids is 2. The first-order chi connectivity index (χ1) is 6.34. The van der Waals surface area contributed by atoms with Crippen molar-refractivity contribution in [3.8, 4) is 0 Å². The zero-order valence-corrected chi connectivity index (χ0v) is 9.17. The first-order valence-corrected chi connectivity index (χ1v) is 4.90. The molecule has 0 aliphatic heterocycles. The third-order valence-electron chi connectivity index (χ3n) is 2.98. The van der Waals surface area contributed by atoms with Crippen LogP contribution in [0.4, 0.5) is 0 Å². The number of carbonyl (C=O) groups is 2. The molecule has 0 radical (unpaired) electrons. The van der Waals surface area contributed by atoms with Crippen LogP contribution in [0, 0.1) is 11.3 Å². The Morgan fingerprint density at radius 3 is 1.64 bits per heavy atom. The van der Waals surface area contributed by atoms with Crippen LogP contribution in [0.25, 0.3) is 0 Å². The molecule has 4 heteroatoms. The van der Waals surface area contributed by atoms with Gasteiger partial charge in [0, 0.05) is 12.8 Å². The van der Waals surface area contributed by atoms with Gasteiger partial charge in [-0.1, -0.05) is 20.8 Å². The number of primary amides is 2. The van der Waals surface area contributed by atoms with E-state index in [1.807, 2.05) is 20.8 Å². The largest absolute Gasteiger partial charge is 0.370 e. The summed E-state index contributed by atoms with van der Waals surface area (Å²) in [5, 5.41) is 0. The first kappa shape index (κ1) is 12.9. The molecule has 0 atom stereocenters. The molecule has 0 rings (SSSR count). The molecule has 4 nitrogen and oxygen atoms in total. The summed E-state index contributed by atoms with van der Waals surface area (Å²) in [6, 6.07) is 0. The monoisotopic (exact) mass is 200 g/mol. The summed E-state index contributed by atoms with van der Waals surface area (Å²) in [4.78, 5) is 21.9. The fourth-order valence-electron chi connectivity index (χ4n) is 1.82. The van der Waals surface area contributed by atoms with Crippen LogP contribution in [0.1, 0.15) is 40.0 Å². The van der Waals surface area contributed by atoms with Crippen molar-refractivity contribution >= 4 is 11.8 Å². The summed E-state index contributed by atoms with van der Waals surface area (Å²) in [5.41, 5.74) is 9.99. The van der Waals surface area contributed by atoms with E-state index in [9.17, 15) is 9.59 Å². The Hall–Kier alpha value is -1.06. The van der Waals surface area contributed by atoms with E-state index in [1.54, 1.807) is 0 Å². The molecule has 82 valence electrons. The minimum atomic E-state index is -0.373. The summed E-state index contributed by atoms with van der Waals surface area (Å²) < 4.78 is 0. The van der Waals surface area contributed by atoms with E-state index < -0.39 is 0 Å². The highest BCUT2D eigenvalue weighted by molar-refractivity contribution is 5.78. The molecule has 0 spiro atoms. The maximum atomic E-state index is 10.9. The Morgan fingerprint density at radius 2 is 1.50 bits per heavy atom. The highest BCUT2D eigenvalue weighted by Crippen LogP contribution is 2.38. The van der Waals surface area contributed by atoms with Crippen molar-refractivity contribution in [2.75, 3.05) is 0 Å². The van der Waals surface area contributed by atoms with Crippen LogP contribution >= 0.6 is 0 Å². The number of nitrogens with two attached hydrogens (primary N) is 2. The van der Waals surface area contributed by atoms with Crippen LogP contribution in [0.2, 0.25) is 0 Å². The van der Waals surface area contributed by atoms with Gasteiger partial charge in [0.25, 0.3) is 0 Å². The minimum Gasteiger partial charge on any atom is -0.370 e. The SMILES string of the molecule is CCC(CC(N)=O)(CC(N)=O)C(C)C. The predicted octanol–water partition coefficient (Wildman–Crippen LogP) is 0.790. The lowest BCUT2D eigenvalue weighted by molar-refractivity contribution is -0.125. The third-order valence-corrected chi connectivity index (χ3v) is 2.98. The fourth-order valence-corrected chi connectivity index (χ4v) is 1.82. The molecule has 0 aromatic heterocycles. The second-order valence-corrected chi connectivity index (χ2v) is 4.16. The smallest absolute Gasteiger partial charge is 0.217 e. The van der Waals surface area contributed by atoms with Crippen LogP contribution in [0.3, 0.4) is 0 Å². The van der Waals surface area contributed by atoms with Crippen LogP contribution < -0.4 is 11.5 Å². The maximum absolute atomic E-state index is 10.9. The van der Waals surface area contributed by atoms with E-state index in [1.165, 1.54) is 0 Å². The average Bonchev–Trinajstić information content (AvgIpc) is 2.00. The Labute approximate surface area is 85.0 Å². The Balaban J connectivity index is 4.77. The Morgan fingerprint density at radius 1 is 1.14 bits per heavy atom. The summed E-state index contributed by atoms with van der Waals surface area (Å²) in [6.07, 6.45) is 1.19. The molecule has 0 heterocycles. The lowest BCUT2D eigenvalue weighted by Crippen LogP contribution is -2.36. The summed E-state index contributed by atoms with van der Waals surface area (Å²) in [5.74, 6) is -0.531. The number of hydrogen-bond donors (Lipinski definition) is 2. The molecule has 2 amide bonds. The van der Waals surface area contributed by atoms with E-state index in [0.29, 0.717) is 0 Å². The molecule has 0 aromatic carbocycles. The summed E-state index contributed by atoms with van der Waals surface area (Å²) in [6.45, 7) is 5.91. The van der Waals surface area contributed by atoms with E-state index in [2.05, 4.69) is 0 Å². The lowest BCUT2D eigenvalue weighted by Gasteiger charge is -2.34. The van der Waals surface area contributed by atoms with Crippen molar-refractivity contribution < 1.29 is 9.59 Å². The minimum absolute atomic E-state index is 0.215. The molecule has 14 heavy (non-hydrogen) atoms. The highest BCUT2D eigenvalue weighted by atomic mass is 16.1. The number of amides is 2. The fraction of sp³-hybridized carbons (Fsp3) is 0.800. The molecule has 0 unspecified atom stereocenters. The standard InChI is InChI=1S/C10H20N2O2/c1-4-10(7(2)3,5-8(11)13)6-9(12)14/h7H,4-6H2,1-3H3,(H2,11,13)(H2,12,14). The Kier molecular flexibility index (Phi) is 4.60. The van der Waals surface area contributed by atoms with Gasteiger partial charge < -0.3 is 11.5 Å². The van der Waals surface area contributed by atoms with Gasteiger partial charge in [-0.05, 0) is 17.8 Å². The van der Waals surface area contributed by atoms with Crippen molar-refractivity contribution in [3.05, 3.63) is 0 Å². The highest BCUT2D eigenvalue weighted by Gasteiger charge is 2.35. The lowest BCUT2D eigenvalue weighted by atomic mass is 9.69. The molecule has 0 bridgehead atoms. The van der Waals surface area contributed by atoms with Gasteiger partial charge in [0.2, 0.25) is 11.8 Å². The maximum Gasteiger partial charge on any atom is 0.217 e. The number of hydrogen-bond acceptors (Lipinski definition) is 2. The molecule has 4 N–H and O–H groups in total. The quantitative estimate of drug-likeness (QED) is 0.664. The second kappa shape index (κ2) is 4.98. The van der Waals surface area contributed by atoms with E-state index in [-0.39, 0.29) is 36.0 Å². The topological polar surface area (TPSA) is 86.2 Å². The van der Waals surface area contributed by atoms with Crippen molar-refractivity contribution in [2.24, 2.45) is 22.8 Å². The van der Waals surface area contributed by atoms with Gasteiger partial charge in [0.05, 0.1) is 0 Å². The van der Waals surface area contributed by atoms with E-state index >= 15 is 0 Å². The summed E-state index contributed by atoms with van der Waals surface area (Å²) in [7, 11) is 0. The molecular formula is C10H20N2O2. The molecule has 0 aromatic rings. The van der Waals surface area contributed by atoms with E-state index in [4.69, 9.17) is 11.5 Å². The molecule has 0 aliphatic carbocycles. The van der Waals surface area contributed by atoms with Crippen molar-refractivity contribution in [1.82, 2.24) is 0 Å². The molecule has 0 saturated heterocycles. The van der Waals surface area contributed by atoms with Crippen molar-refractivity contribution in [2.45, 2.75) is 40.0 Å². The zero-order chi connectivity index (χ0) is 11.4. The van der Waals surface area contributed by atoms with Crippen LogP contribution in [0.15, 0.2) is 0 Å². The molecular weight excluding hydrogens is 180 g/mol. The summed E-state index contributed by atoms with van der Waals surface area (Å²) >= 11 is 0. The van der Waals surface area contributed by atoms with Gasteiger partial charge >= 0.3 is 0 Å². The van der Waals surface area contributed by atoms with Crippen molar-refractivity contribution in [3.63, 3.8) is 0 Å². The third kappa shape index (κ3) is 3.36. The average molecular weight is 200 g/mol. The molecule has 0 saturated carbocycles. The number of rotatable bonds is 6. The normalized spacial score (nSPS) is 11.7. The van der Waals surface area contributed by atoms with Gasteiger partial charge in [0.15, 0.2) is 0 Å². The molecule has 0 fully saturated rings. The van der Waals surface area contributed by atoms with Gasteiger partial charge in [-0.3, -0.25) is 9.59 Å². The van der Waals surface area contributed by atoms with Crippen LogP contribution in [-0.2, 0) is 9.59 Å². The predicted molar refractivity (Wildman–Crippen MR) is 55.2 cm³/mol. The van der Waals surface area contributed by atoms with Gasteiger partial charge in [-0.25, -0.2) is 0 Å². The van der Waals surface area contributed by atoms with Gasteiger partial charge in [-0.15, -0.1) is 0 Å². The zero-order valence-electron chi connectivity index (χ0n) is 9.17. The van der Waals surface area contributed by atoms with E-state index in [0.717, 1.165) is 6.42 Å². The van der Waals surface area contributed by atoms with Crippen molar-refractivity contribution in [1.29, 1.82) is 0 Å². The molecule has 0 aliphatic rings. The van der Waals surface area contributed by atoms with Crippen LogP contribution in [0.5, 0.6) is 0 Å². The van der Waals surface area contributed by atoms with Gasteiger partial charge in [0.1, 0.15) is 0 Å². The Bertz CT molecular complexity index is 208. The first-order valence-electron chi connectivity index (χ1n) is 4.90.